The Morgan fingerprint density at radius 2 is 1.90 bits per heavy atom. The molecule has 1 saturated heterocycles. The summed E-state index contributed by atoms with van der Waals surface area (Å²) >= 11 is 0. The van der Waals surface area contributed by atoms with Crippen molar-refractivity contribution in [2.24, 2.45) is 5.73 Å². The van der Waals surface area contributed by atoms with E-state index in [0.717, 1.165) is 50.6 Å². The Balaban J connectivity index is 1.44. The second-order valence-corrected chi connectivity index (χ2v) is 5.50. The highest BCUT2D eigenvalue weighted by atomic mass is 16.6. The van der Waals surface area contributed by atoms with Crippen LogP contribution in [0.1, 0.15) is 6.42 Å². The van der Waals surface area contributed by atoms with Crippen LogP contribution in [0.2, 0.25) is 0 Å². The van der Waals surface area contributed by atoms with Crippen LogP contribution in [-0.4, -0.2) is 61.2 Å². The molecule has 0 amide bonds. The first-order valence-corrected chi connectivity index (χ1v) is 7.42. The number of para-hydroxylation sites is 2. The topological polar surface area (TPSA) is 74.8 Å². The molecule has 0 radical (unpaired) electrons. The van der Waals surface area contributed by atoms with Gasteiger partial charge in [-0.2, -0.15) is 0 Å². The van der Waals surface area contributed by atoms with Crippen molar-refractivity contribution in [1.29, 1.82) is 5.41 Å². The summed E-state index contributed by atoms with van der Waals surface area (Å²) in [6.45, 7) is 5.17. The molecule has 6 nitrogen and oxygen atoms in total. The number of fused-ring (bicyclic) bond motifs is 1. The normalized spacial score (nSPS) is 22.1. The molecule has 2 heterocycles. The van der Waals surface area contributed by atoms with E-state index in [9.17, 15) is 0 Å². The minimum atomic E-state index is 0.116. The lowest BCUT2D eigenvalue weighted by atomic mass is 10.2. The zero-order chi connectivity index (χ0) is 14.7. The third kappa shape index (κ3) is 3.39. The fourth-order valence-electron chi connectivity index (χ4n) is 2.74. The van der Waals surface area contributed by atoms with Gasteiger partial charge in [-0.05, 0) is 12.1 Å². The number of nitrogens with two attached hydrogens (primary N) is 1. The summed E-state index contributed by atoms with van der Waals surface area (Å²) in [5.41, 5.74) is 5.50. The lowest BCUT2D eigenvalue weighted by Gasteiger charge is -2.35. The molecule has 0 aliphatic carbocycles. The van der Waals surface area contributed by atoms with E-state index in [-0.39, 0.29) is 12.1 Å². The Morgan fingerprint density at radius 3 is 2.62 bits per heavy atom. The second-order valence-electron chi connectivity index (χ2n) is 5.50. The number of rotatable bonds is 3. The van der Waals surface area contributed by atoms with Crippen LogP contribution in [-0.2, 0) is 0 Å². The van der Waals surface area contributed by atoms with E-state index in [4.69, 9.17) is 20.6 Å². The number of nitrogens with one attached hydrogen (secondary N) is 1. The van der Waals surface area contributed by atoms with Crippen molar-refractivity contribution >= 4 is 5.96 Å². The average Bonchev–Trinajstić information content (AvgIpc) is 2.53. The number of nitrogens with zero attached hydrogens (tertiary/aromatic N) is 2. The molecule has 3 N–H and O–H groups in total. The lowest BCUT2D eigenvalue weighted by molar-refractivity contribution is 0.0701. The number of hydrogen-bond donors (Lipinski definition) is 2. The summed E-state index contributed by atoms with van der Waals surface area (Å²) in [5.74, 6) is 1.86. The summed E-state index contributed by atoms with van der Waals surface area (Å²) in [6, 6.07) is 7.81. The first-order chi connectivity index (χ1) is 10.2. The quantitative estimate of drug-likeness (QED) is 0.634. The Kier molecular flexibility index (Phi) is 4.15. The molecular weight excluding hydrogens is 268 g/mol. The molecule has 3 rings (SSSR count). The van der Waals surface area contributed by atoms with Gasteiger partial charge in [-0.3, -0.25) is 10.3 Å². The van der Waals surface area contributed by atoms with E-state index in [2.05, 4.69) is 4.90 Å². The van der Waals surface area contributed by atoms with Gasteiger partial charge in [0.15, 0.2) is 17.5 Å². The number of hydrogen-bond acceptors (Lipinski definition) is 4. The van der Waals surface area contributed by atoms with Gasteiger partial charge < -0.3 is 20.1 Å². The summed E-state index contributed by atoms with van der Waals surface area (Å²) in [4.78, 5) is 4.30. The molecule has 21 heavy (non-hydrogen) atoms. The van der Waals surface area contributed by atoms with Crippen molar-refractivity contribution in [2.45, 2.75) is 12.5 Å². The van der Waals surface area contributed by atoms with Crippen molar-refractivity contribution < 1.29 is 9.47 Å². The first kappa shape index (κ1) is 14.0. The Hall–Kier alpha value is -1.95. The van der Waals surface area contributed by atoms with Crippen molar-refractivity contribution in [3.05, 3.63) is 24.3 Å². The van der Waals surface area contributed by atoms with Crippen molar-refractivity contribution in [3.8, 4) is 11.5 Å². The van der Waals surface area contributed by atoms with Crippen LogP contribution >= 0.6 is 0 Å². The molecule has 1 aromatic carbocycles. The molecule has 1 aromatic rings. The van der Waals surface area contributed by atoms with Gasteiger partial charge >= 0.3 is 0 Å². The SMILES string of the molecule is N=C(N)N1CCN(CCC2COc3ccccc3O2)CC1. The molecule has 1 fully saturated rings. The van der Waals surface area contributed by atoms with Crippen LogP contribution in [0, 0.1) is 5.41 Å². The molecule has 1 unspecified atom stereocenters. The highest BCUT2D eigenvalue weighted by Gasteiger charge is 2.23. The summed E-state index contributed by atoms with van der Waals surface area (Å²) in [5, 5.41) is 7.43. The Bertz CT molecular complexity index is 500. The molecule has 0 aromatic heterocycles. The fourth-order valence-corrected chi connectivity index (χ4v) is 2.74. The van der Waals surface area contributed by atoms with Crippen LogP contribution in [0.15, 0.2) is 24.3 Å². The van der Waals surface area contributed by atoms with Crippen molar-refractivity contribution in [1.82, 2.24) is 9.80 Å². The van der Waals surface area contributed by atoms with Gasteiger partial charge in [0.25, 0.3) is 0 Å². The first-order valence-electron chi connectivity index (χ1n) is 7.42. The van der Waals surface area contributed by atoms with Crippen LogP contribution in [0.25, 0.3) is 0 Å². The van der Waals surface area contributed by atoms with Gasteiger partial charge in [0.05, 0.1) is 0 Å². The maximum atomic E-state index is 7.43. The maximum absolute atomic E-state index is 7.43. The summed E-state index contributed by atoms with van der Waals surface area (Å²) in [6.07, 6.45) is 1.07. The van der Waals surface area contributed by atoms with E-state index in [1.54, 1.807) is 0 Å². The van der Waals surface area contributed by atoms with Gasteiger partial charge in [-0.25, -0.2) is 0 Å². The number of benzene rings is 1. The Labute approximate surface area is 124 Å². The molecular formula is C15H22N4O2. The van der Waals surface area contributed by atoms with Crippen LogP contribution in [0.5, 0.6) is 11.5 Å². The fraction of sp³-hybridized carbons (Fsp3) is 0.533. The van der Waals surface area contributed by atoms with E-state index in [1.165, 1.54) is 0 Å². The van der Waals surface area contributed by atoms with E-state index >= 15 is 0 Å². The van der Waals surface area contributed by atoms with Crippen molar-refractivity contribution in [3.63, 3.8) is 0 Å². The standard InChI is InChI=1S/C15H22N4O2/c16-15(17)19-9-7-18(8-10-19)6-5-12-11-20-13-3-1-2-4-14(13)21-12/h1-4,12H,5-11H2,(H3,16,17). The van der Waals surface area contributed by atoms with Crippen LogP contribution < -0.4 is 15.2 Å². The zero-order valence-electron chi connectivity index (χ0n) is 12.1. The minimum absolute atomic E-state index is 0.116. The van der Waals surface area contributed by atoms with E-state index in [1.807, 2.05) is 29.2 Å². The number of guanidine groups is 1. The Morgan fingerprint density at radius 1 is 1.19 bits per heavy atom. The second kappa shape index (κ2) is 6.22. The number of ether oxygens (including phenoxy) is 2. The highest BCUT2D eigenvalue weighted by Crippen LogP contribution is 2.31. The van der Waals surface area contributed by atoms with Gasteiger partial charge in [0.2, 0.25) is 0 Å². The molecule has 2 aliphatic heterocycles. The molecule has 0 bridgehead atoms. The predicted molar refractivity (Wildman–Crippen MR) is 80.9 cm³/mol. The number of piperazine rings is 1. The van der Waals surface area contributed by atoms with Gasteiger partial charge in [0.1, 0.15) is 12.7 Å². The van der Waals surface area contributed by atoms with Crippen LogP contribution in [0.3, 0.4) is 0 Å². The molecule has 0 saturated carbocycles. The molecule has 1 atom stereocenters. The highest BCUT2D eigenvalue weighted by molar-refractivity contribution is 5.74. The minimum Gasteiger partial charge on any atom is -0.486 e. The molecule has 2 aliphatic rings. The summed E-state index contributed by atoms with van der Waals surface area (Å²) in [7, 11) is 0. The largest absolute Gasteiger partial charge is 0.486 e. The van der Waals surface area contributed by atoms with Gasteiger partial charge in [-0.1, -0.05) is 12.1 Å². The third-order valence-corrected chi connectivity index (χ3v) is 4.05. The van der Waals surface area contributed by atoms with E-state index in [0.29, 0.717) is 6.61 Å². The monoisotopic (exact) mass is 290 g/mol. The maximum Gasteiger partial charge on any atom is 0.188 e. The van der Waals surface area contributed by atoms with Crippen LogP contribution in [0.4, 0.5) is 0 Å². The smallest absolute Gasteiger partial charge is 0.188 e. The lowest BCUT2D eigenvalue weighted by Crippen LogP contribution is -2.51. The van der Waals surface area contributed by atoms with Gasteiger partial charge in [-0.15, -0.1) is 0 Å². The van der Waals surface area contributed by atoms with Crippen molar-refractivity contribution in [2.75, 3.05) is 39.3 Å². The average molecular weight is 290 g/mol. The molecule has 6 heteroatoms. The third-order valence-electron chi connectivity index (χ3n) is 4.05. The zero-order valence-corrected chi connectivity index (χ0v) is 12.1. The molecule has 0 spiro atoms. The summed E-state index contributed by atoms with van der Waals surface area (Å²) < 4.78 is 11.7. The predicted octanol–water partition coefficient (Wildman–Crippen LogP) is 0.728. The van der Waals surface area contributed by atoms with E-state index < -0.39 is 0 Å². The molecule has 114 valence electrons. The van der Waals surface area contributed by atoms with Gasteiger partial charge in [0, 0.05) is 39.1 Å².